The van der Waals surface area contributed by atoms with Crippen LogP contribution in [-0.4, -0.2) is 27.4 Å². The predicted molar refractivity (Wildman–Crippen MR) is 112 cm³/mol. The minimum atomic E-state index is -0.424. The molecular formula is C21H15BrN4O2. The van der Waals surface area contributed by atoms with Gasteiger partial charge in [0.2, 0.25) is 0 Å². The second-order valence-corrected chi connectivity index (χ2v) is 7.01. The van der Waals surface area contributed by atoms with Gasteiger partial charge in [0.15, 0.2) is 0 Å². The number of H-pyrrole nitrogens is 1. The summed E-state index contributed by atoms with van der Waals surface area (Å²) in [6.45, 7) is 0. The van der Waals surface area contributed by atoms with Crippen molar-refractivity contribution >= 4 is 38.8 Å². The molecule has 3 N–H and O–H groups in total. The number of carbonyl (C=O) groups is 1. The van der Waals surface area contributed by atoms with Crippen LogP contribution in [0.15, 0.2) is 76.3 Å². The third-order valence-corrected chi connectivity index (χ3v) is 4.80. The maximum atomic E-state index is 12.3. The molecule has 28 heavy (non-hydrogen) atoms. The fourth-order valence-corrected chi connectivity index (χ4v) is 3.11. The number of rotatable bonds is 4. The number of phenolic OH excluding ortho intramolecular Hbond substituents is 1. The summed E-state index contributed by atoms with van der Waals surface area (Å²) in [5.41, 5.74) is 4.84. The molecule has 0 radical (unpaired) electrons. The van der Waals surface area contributed by atoms with Crippen molar-refractivity contribution in [1.29, 1.82) is 0 Å². The lowest BCUT2D eigenvalue weighted by molar-refractivity contribution is 0.0950. The fraction of sp³-hybridized carbons (Fsp3) is 0. The first-order valence-corrected chi connectivity index (χ1v) is 9.26. The molecule has 0 bridgehead atoms. The average Bonchev–Trinajstić information content (AvgIpc) is 3.20. The van der Waals surface area contributed by atoms with Crippen LogP contribution in [0.3, 0.4) is 0 Å². The molecule has 138 valence electrons. The first kappa shape index (κ1) is 17.9. The second-order valence-electron chi connectivity index (χ2n) is 6.09. The largest absolute Gasteiger partial charge is 0.507 e. The van der Waals surface area contributed by atoms with Crippen molar-refractivity contribution in [3.63, 3.8) is 0 Å². The highest BCUT2D eigenvalue weighted by Crippen LogP contribution is 2.25. The summed E-state index contributed by atoms with van der Waals surface area (Å²) in [5, 5.41) is 22.8. The minimum absolute atomic E-state index is 0.0933. The van der Waals surface area contributed by atoms with Crippen molar-refractivity contribution < 1.29 is 9.90 Å². The molecule has 0 aliphatic carbocycles. The van der Waals surface area contributed by atoms with E-state index in [2.05, 4.69) is 36.7 Å². The van der Waals surface area contributed by atoms with Crippen LogP contribution in [0, 0.1) is 0 Å². The van der Waals surface area contributed by atoms with Crippen molar-refractivity contribution in [3.8, 4) is 17.0 Å². The highest BCUT2D eigenvalue weighted by molar-refractivity contribution is 9.10. The quantitative estimate of drug-likeness (QED) is 0.327. The average molecular weight is 435 g/mol. The van der Waals surface area contributed by atoms with Crippen molar-refractivity contribution in [1.82, 2.24) is 15.6 Å². The van der Waals surface area contributed by atoms with Gasteiger partial charge in [-0.15, -0.1) is 0 Å². The van der Waals surface area contributed by atoms with Crippen LogP contribution in [-0.2, 0) is 0 Å². The van der Waals surface area contributed by atoms with E-state index >= 15 is 0 Å². The topological polar surface area (TPSA) is 90.4 Å². The van der Waals surface area contributed by atoms with E-state index in [9.17, 15) is 9.90 Å². The van der Waals surface area contributed by atoms with E-state index in [1.807, 2.05) is 54.6 Å². The minimum Gasteiger partial charge on any atom is -0.507 e. The summed E-state index contributed by atoms with van der Waals surface area (Å²) in [4.78, 5) is 12.3. The molecule has 3 aromatic carbocycles. The van der Waals surface area contributed by atoms with E-state index in [0.717, 1.165) is 20.8 Å². The molecule has 0 saturated heterocycles. The number of phenols is 1. The number of carbonyl (C=O) groups excluding carboxylic acids is 1. The standard InChI is InChI=1S/C21H15BrN4O2/c22-15-8-5-14(6-9-15)18-11-19(25-24-18)21(28)26-23-12-17-16-4-2-1-3-13(16)7-10-20(17)27/h1-12,27H,(H,24,25)(H,26,28)/b23-12+. The number of benzene rings is 3. The first-order chi connectivity index (χ1) is 13.6. The summed E-state index contributed by atoms with van der Waals surface area (Å²) >= 11 is 3.39. The second kappa shape index (κ2) is 7.66. The number of nitrogens with zero attached hydrogens (tertiary/aromatic N) is 2. The summed E-state index contributed by atoms with van der Waals surface area (Å²) in [6, 6.07) is 20.3. The van der Waals surface area contributed by atoms with Crippen LogP contribution in [0.4, 0.5) is 0 Å². The Kier molecular flexibility index (Phi) is 4.90. The number of amides is 1. The molecule has 0 aliphatic heterocycles. The van der Waals surface area contributed by atoms with Crippen molar-refractivity contribution in [2.75, 3.05) is 0 Å². The van der Waals surface area contributed by atoms with Gasteiger partial charge in [0.25, 0.3) is 5.91 Å². The zero-order chi connectivity index (χ0) is 19.5. The van der Waals surface area contributed by atoms with Gasteiger partial charge >= 0.3 is 0 Å². The van der Waals surface area contributed by atoms with Gasteiger partial charge in [0.05, 0.1) is 11.9 Å². The Balaban J connectivity index is 1.51. The van der Waals surface area contributed by atoms with Gasteiger partial charge in [-0.1, -0.05) is 58.4 Å². The van der Waals surface area contributed by atoms with E-state index in [0.29, 0.717) is 11.3 Å². The van der Waals surface area contributed by atoms with Crippen LogP contribution < -0.4 is 5.43 Å². The van der Waals surface area contributed by atoms with Crippen LogP contribution in [0.2, 0.25) is 0 Å². The number of aromatic hydroxyl groups is 1. The monoisotopic (exact) mass is 434 g/mol. The molecule has 0 saturated carbocycles. The van der Waals surface area contributed by atoms with Gasteiger partial charge < -0.3 is 5.11 Å². The number of halogens is 1. The van der Waals surface area contributed by atoms with Gasteiger partial charge in [0.1, 0.15) is 11.4 Å². The number of hydrogen-bond donors (Lipinski definition) is 3. The Morgan fingerprint density at radius 3 is 2.71 bits per heavy atom. The number of fused-ring (bicyclic) bond motifs is 1. The van der Waals surface area contributed by atoms with Crippen molar-refractivity contribution in [3.05, 3.63) is 82.5 Å². The molecule has 0 atom stereocenters. The highest BCUT2D eigenvalue weighted by atomic mass is 79.9. The lowest BCUT2D eigenvalue weighted by Gasteiger charge is -2.04. The Morgan fingerprint density at radius 2 is 1.89 bits per heavy atom. The van der Waals surface area contributed by atoms with Crippen molar-refractivity contribution in [2.45, 2.75) is 0 Å². The van der Waals surface area contributed by atoms with E-state index < -0.39 is 5.91 Å². The van der Waals surface area contributed by atoms with E-state index in [4.69, 9.17) is 0 Å². The summed E-state index contributed by atoms with van der Waals surface area (Å²) < 4.78 is 0.968. The molecule has 4 rings (SSSR count). The number of aromatic nitrogens is 2. The van der Waals surface area contributed by atoms with Crippen LogP contribution in [0.5, 0.6) is 5.75 Å². The molecule has 0 unspecified atom stereocenters. The molecule has 0 spiro atoms. The third-order valence-electron chi connectivity index (χ3n) is 4.27. The van der Waals surface area contributed by atoms with Gasteiger partial charge in [0, 0.05) is 15.6 Å². The van der Waals surface area contributed by atoms with Gasteiger partial charge in [-0.3, -0.25) is 9.89 Å². The van der Waals surface area contributed by atoms with Crippen LogP contribution in [0.25, 0.3) is 22.0 Å². The molecule has 0 fully saturated rings. The fourth-order valence-electron chi connectivity index (χ4n) is 2.84. The molecule has 1 heterocycles. The molecule has 1 amide bonds. The molecule has 4 aromatic rings. The zero-order valence-electron chi connectivity index (χ0n) is 14.6. The highest BCUT2D eigenvalue weighted by Gasteiger charge is 2.11. The lowest BCUT2D eigenvalue weighted by Crippen LogP contribution is -2.18. The van der Waals surface area contributed by atoms with Gasteiger partial charge in [-0.25, -0.2) is 5.43 Å². The number of hydrazone groups is 1. The van der Waals surface area contributed by atoms with Crippen LogP contribution in [0.1, 0.15) is 16.1 Å². The van der Waals surface area contributed by atoms with Crippen LogP contribution >= 0.6 is 15.9 Å². The van der Waals surface area contributed by atoms with E-state index in [-0.39, 0.29) is 11.4 Å². The summed E-state index contributed by atoms with van der Waals surface area (Å²) in [7, 11) is 0. The Labute approximate surface area is 169 Å². The van der Waals surface area contributed by atoms with Gasteiger partial charge in [-0.2, -0.15) is 10.2 Å². The number of nitrogens with one attached hydrogen (secondary N) is 2. The summed E-state index contributed by atoms with van der Waals surface area (Å²) in [6.07, 6.45) is 1.43. The third kappa shape index (κ3) is 3.65. The molecule has 7 heteroatoms. The maximum absolute atomic E-state index is 12.3. The predicted octanol–water partition coefficient (Wildman–Crippen LogP) is 4.46. The SMILES string of the molecule is O=C(N/N=C/c1c(O)ccc2ccccc12)c1cc(-c2ccc(Br)cc2)n[nH]1. The Morgan fingerprint density at radius 1 is 1.11 bits per heavy atom. The molecule has 6 nitrogen and oxygen atoms in total. The van der Waals surface area contributed by atoms with E-state index in [1.54, 1.807) is 12.1 Å². The van der Waals surface area contributed by atoms with E-state index in [1.165, 1.54) is 6.21 Å². The number of aromatic amines is 1. The molecule has 1 aromatic heterocycles. The zero-order valence-corrected chi connectivity index (χ0v) is 16.1. The maximum Gasteiger partial charge on any atom is 0.289 e. The Hall–Kier alpha value is -3.45. The van der Waals surface area contributed by atoms with Crippen molar-refractivity contribution in [2.24, 2.45) is 5.10 Å². The Bertz CT molecular complexity index is 1180. The number of hydrogen-bond acceptors (Lipinski definition) is 4. The normalized spacial score (nSPS) is 11.2. The summed E-state index contributed by atoms with van der Waals surface area (Å²) in [5.74, 6) is -0.331. The molecule has 0 aliphatic rings. The smallest absolute Gasteiger partial charge is 0.289 e. The lowest BCUT2D eigenvalue weighted by atomic mass is 10.0. The van der Waals surface area contributed by atoms with Gasteiger partial charge in [-0.05, 0) is 35.0 Å². The first-order valence-electron chi connectivity index (χ1n) is 8.47. The molecular weight excluding hydrogens is 420 g/mol.